The Morgan fingerprint density at radius 1 is 1.47 bits per heavy atom. The molecule has 0 aliphatic heterocycles. The van der Waals surface area contributed by atoms with Crippen LogP contribution < -0.4 is 5.32 Å². The Balaban J connectivity index is 2.69. The molecule has 0 saturated carbocycles. The average Bonchev–Trinajstić information content (AvgIpc) is 2.18. The lowest BCUT2D eigenvalue weighted by Gasteiger charge is -2.13. The predicted molar refractivity (Wildman–Crippen MR) is 65.7 cm³/mol. The van der Waals surface area contributed by atoms with Gasteiger partial charge in [0.2, 0.25) is 0 Å². The van der Waals surface area contributed by atoms with Crippen molar-refractivity contribution in [3.8, 4) is 0 Å². The first-order valence-electron chi connectivity index (χ1n) is 4.41. The first-order valence-corrected chi connectivity index (χ1v) is 5.58. The van der Waals surface area contributed by atoms with E-state index in [-0.39, 0.29) is 17.0 Å². The first kappa shape index (κ1) is 12.3. The van der Waals surface area contributed by atoms with Crippen LogP contribution >= 0.6 is 27.5 Å². The number of nitrogens with one attached hydrogen (secondary N) is 1. The number of carbonyl (C=O) groups is 1. The van der Waals surface area contributed by atoms with Gasteiger partial charge in [0, 0.05) is 4.47 Å². The van der Waals surface area contributed by atoms with Crippen molar-refractivity contribution in [3.05, 3.63) is 45.9 Å². The Bertz CT molecular complexity index is 375. The molecule has 4 heteroatoms. The predicted octanol–water partition coefficient (Wildman–Crippen LogP) is 3.38. The molecule has 0 saturated heterocycles. The molecule has 2 nitrogen and oxygen atoms in total. The number of benzene rings is 1. The van der Waals surface area contributed by atoms with E-state index in [9.17, 15) is 4.79 Å². The number of carbonyl (C=O) groups excluding carboxylic acids is 1. The molecule has 0 aromatic heterocycles. The third-order valence-electron chi connectivity index (χ3n) is 1.96. The molecule has 0 aliphatic rings. The van der Waals surface area contributed by atoms with Crippen LogP contribution in [-0.4, -0.2) is 5.91 Å². The highest BCUT2D eigenvalue weighted by Gasteiger charge is 2.10. The third kappa shape index (κ3) is 3.68. The fourth-order valence-corrected chi connectivity index (χ4v) is 1.43. The monoisotopic (exact) mass is 287 g/mol. The van der Waals surface area contributed by atoms with Crippen molar-refractivity contribution in [1.82, 2.24) is 5.32 Å². The van der Waals surface area contributed by atoms with Crippen LogP contribution in [0.3, 0.4) is 0 Å². The van der Waals surface area contributed by atoms with Crippen LogP contribution in [0.5, 0.6) is 0 Å². The Hall–Kier alpha value is -0.800. The van der Waals surface area contributed by atoms with Crippen molar-refractivity contribution in [3.63, 3.8) is 0 Å². The van der Waals surface area contributed by atoms with E-state index in [0.717, 1.165) is 10.0 Å². The Morgan fingerprint density at radius 2 is 2.00 bits per heavy atom. The van der Waals surface area contributed by atoms with Gasteiger partial charge in [-0.15, -0.1) is 0 Å². The number of hydrogen-bond donors (Lipinski definition) is 1. The zero-order valence-corrected chi connectivity index (χ0v) is 10.6. The molecule has 0 fully saturated rings. The topological polar surface area (TPSA) is 29.1 Å². The highest BCUT2D eigenvalue weighted by atomic mass is 79.9. The summed E-state index contributed by atoms with van der Waals surface area (Å²) in [5.41, 5.74) is 1.02. The summed E-state index contributed by atoms with van der Waals surface area (Å²) in [6, 6.07) is 7.64. The molecule has 1 rings (SSSR count). The molecule has 0 spiro atoms. The average molecular weight is 289 g/mol. The Morgan fingerprint density at radius 3 is 2.47 bits per heavy atom. The van der Waals surface area contributed by atoms with Crippen molar-refractivity contribution in [1.29, 1.82) is 0 Å². The van der Waals surface area contributed by atoms with Crippen molar-refractivity contribution in [2.45, 2.75) is 13.0 Å². The van der Waals surface area contributed by atoms with E-state index in [1.165, 1.54) is 0 Å². The molecule has 1 amide bonds. The summed E-state index contributed by atoms with van der Waals surface area (Å²) in [5, 5.41) is 2.73. The molecule has 0 heterocycles. The second-order valence-corrected chi connectivity index (χ2v) is 4.52. The van der Waals surface area contributed by atoms with Crippen molar-refractivity contribution >= 4 is 33.4 Å². The van der Waals surface area contributed by atoms with Crippen LogP contribution in [0.4, 0.5) is 0 Å². The van der Waals surface area contributed by atoms with Gasteiger partial charge in [-0.25, -0.2) is 0 Å². The lowest BCUT2D eigenvalue weighted by Crippen LogP contribution is -2.26. The summed E-state index contributed by atoms with van der Waals surface area (Å²) in [7, 11) is 0. The molecule has 0 unspecified atom stereocenters. The van der Waals surface area contributed by atoms with Crippen LogP contribution in [0.25, 0.3) is 0 Å². The van der Waals surface area contributed by atoms with E-state index < -0.39 is 0 Å². The van der Waals surface area contributed by atoms with Gasteiger partial charge in [0.15, 0.2) is 0 Å². The van der Waals surface area contributed by atoms with Gasteiger partial charge in [-0.3, -0.25) is 4.79 Å². The number of rotatable bonds is 3. The molecule has 1 N–H and O–H groups in total. The Kier molecular flexibility index (Phi) is 4.36. The smallest absolute Gasteiger partial charge is 0.262 e. The molecule has 80 valence electrons. The second-order valence-electron chi connectivity index (χ2n) is 3.15. The van der Waals surface area contributed by atoms with E-state index >= 15 is 0 Å². The minimum Gasteiger partial charge on any atom is -0.345 e. The molecule has 1 aromatic carbocycles. The molecule has 1 atom stereocenters. The molecule has 15 heavy (non-hydrogen) atoms. The van der Waals surface area contributed by atoms with Gasteiger partial charge in [-0.05, 0) is 24.6 Å². The fraction of sp³-hybridized carbons (Fsp3) is 0.182. The zero-order chi connectivity index (χ0) is 11.4. The summed E-state index contributed by atoms with van der Waals surface area (Å²) in [6.45, 7) is 5.25. The summed E-state index contributed by atoms with van der Waals surface area (Å²) in [5.74, 6) is -0.341. The van der Waals surface area contributed by atoms with Gasteiger partial charge in [0.05, 0.1) is 11.1 Å². The van der Waals surface area contributed by atoms with E-state index in [2.05, 4.69) is 27.8 Å². The molecular formula is C11H11BrClNO. The fourth-order valence-electron chi connectivity index (χ4n) is 1.11. The highest BCUT2D eigenvalue weighted by molar-refractivity contribution is 9.10. The van der Waals surface area contributed by atoms with Crippen LogP contribution in [0.2, 0.25) is 0 Å². The highest BCUT2D eigenvalue weighted by Crippen LogP contribution is 2.16. The lowest BCUT2D eigenvalue weighted by molar-refractivity contribution is -0.117. The van der Waals surface area contributed by atoms with Crippen LogP contribution in [0.1, 0.15) is 18.5 Å². The largest absolute Gasteiger partial charge is 0.345 e. The first-order chi connectivity index (χ1) is 7.00. The lowest BCUT2D eigenvalue weighted by atomic mass is 10.1. The van der Waals surface area contributed by atoms with E-state index in [1.807, 2.05) is 31.2 Å². The second kappa shape index (κ2) is 5.33. The van der Waals surface area contributed by atoms with Crippen molar-refractivity contribution in [2.24, 2.45) is 0 Å². The van der Waals surface area contributed by atoms with Gasteiger partial charge < -0.3 is 5.32 Å². The van der Waals surface area contributed by atoms with E-state index in [4.69, 9.17) is 11.6 Å². The number of hydrogen-bond acceptors (Lipinski definition) is 1. The maximum absolute atomic E-state index is 11.2. The van der Waals surface area contributed by atoms with Crippen LogP contribution in [0.15, 0.2) is 40.3 Å². The molecule has 0 aliphatic carbocycles. The molecule has 0 bridgehead atoms. The van der Waals surface area contributed by atoms with Gasteiger partial charge in [-0.1, -0.05) is 46.2 Å². The number of amides is 1. The van der Waals surface area contributed by atoms with E-state index in [0.29, 0.717) is 0 Å². The quantitative estimate of drug-likeness (QED) is 0.849. The number of halogens is 2. The third-order valence-corrected chi connectivity index (χ3v) is 2.66. The maximum Gasteiger partial charge on any atom is 0.262 e. The van der Waals surface area contributed by atoms with Crippen molar-refractivity contribution in [2.75, 3.05) is 0 Å². The minimum absolute atomic E-state index is 0.000961. The molecule has 0 radical (unpaired) electrons. The maximum atomic E-state index is 11.2. The Labute approximate surface area is 102 Å². The zero-order valence-electron chi connectivity index (χ0n) is 8.26. The molecular weight excluding hydrogens is 277 g/mol. The minimum atomic E-state index is -0.341. The van der Waals surface area contributed by atoms with Crippen LogP contribution in [0, 0.1) is 0 Å². The SMILES string of the molecule is C=C(Cl)C(=O)N[C@@H](C)c1ccc(Br)cc1. The summed E-state index contributed by atoms with van der Waals surface area (Å²) in [4.78, 5) is 11.2. The summed E-state index contributed by atoms with van der Waals surface area (Å²) in [6.07, 6.45) is 0. The normalized spacial score (nSPS) is 11.9. The van der Waals surface area contributed by atoms with Gasteiger partial charge in [-0.2, -0.15) is 0 Å². The standard InChI is InChI=1S/C11H11BrClNO/c1-7(13)11(15)14-8(2)9-3-5-10(12)6-4-9/h3-6,8H,1H2,2H3,(H,14,15)/t8-/m0/s1. The molecule has 1 aromatic rings. The van der Waals surface area contributed by atoms with E-state index in [1.54, 1.807) is 0 Å². The summed E-state index contributed by atoms with van der Waals surface area (Å²) >= 11 is 8.82. The van der Waals surface area contributed by atoms with Gasteiger partial charge in [0.25, 0.3) is 5.91 Å². The van der Waals surface area contributed by atoms with Crippen molar-refractivity contribution < 1.29 is 4.79 Å². The van der Waals surface area contributed by atoms with Gasteiger partial charge >= 0.3 is 0 Å². The van der Waals surface area contributed by atoms with Gasteiger partial charge in [0.1, 0.15) is 0 Å². The summed E-state index contributed by atoms with van der Waals surface area (Å²) < 4.78 is 1.01. The van der Waals surface area contributed by atoms with Crippen LogP contribution in [-0.2, 0) is 4.79 Å².